The van der Waals surface area contributed by atoms with Crippen molar-refractivity contribution >= 4 is 0 Å². The summed E-state index contributed by atoms with van der Waals surface area (Å²) in [5, 5.41) is 0. The Bertz CT molecular complexity index is 345. The maximum absolute atomic E-state index is 2.37. The highest BCUT2D eigenvalue weighted by Gasteiger charge is 2.02. The molecule has 1 aromatic heterocycles. The van der Waals surface area contributed by atoms with Crippen LogP contribution in [0.5, 0.6) is 0 Å². The Kier molecular flexibility index (Phi) is 11.1. The predicted octanol–water partition coefficient (Wildman–Crippen LogP) is 5.85. The van der Waals surface area contributed by atoms with Gasteiger partial charge >= 0.3 is 0 Å². The highest BCUT2D eigenvalue weighted by atomic mass is 14.9. The van der Waals surface area contributed by atoms with Gasteiger partial charge in [0.05, 0.1) is 0 Å². The predicted molar refractivity (Wildman–Crippen MR) is 92.5 cm³/mol. The maximum Gasteiger partial charge on any atom is 0.171 e. The summed E-state index contributed by atoms with van der Waals surface area (Å²) in [5.74, 6) is 0. The van der Waals surface area contributed by atoms with Gasteiger partial charge in [0.25, 0.3) is 0 Å². The lowest BCUT2D eigenvalue weighted by Crippen LogP contribution is -2.33. The van der Waals surface area contributed by atoms with Crippen LogP contribution in [0.2, 0.25) is 0 Å². The molecule has 0 spiro atoms. The molecule has 0 unspecified atom stereocenters. The average molecular weight is 291 g/mol. The fourth-order valence-electron chi connectivity index (χ4n) is 2.93. The Morgan fingerprint density at radius 2 is 1.38 bits per heavy atom. The zero-order valence-corrected chi connectivity index (χ0v) is 14.4. The number of hydrogen-bond donors (Lipinski definition) is 0. The second kappa shape index (κ2) is 12.9. The van der Waals surface area contributed by atoms with Crippen LogP contribution in [0.1, 0.15) is 90.0 Å². The summed E-state index contributed by atoms with van der Waals surface area (Å²) in [6.45, 7) is 5.73. The molecule has 0 aliphatic rings. The van der Waals surface area contributed by atoms with Crippen LogP contribution in [0.15, 0.2) is 24.5 Å². The summed E-state index contributed by atoms with van der Waals surface area (Å²) in [6, 6.07) is 4.44. The lowest BCUT2D eigenvalue weighted by molar-refractivity contribution is -0.697. The number of rotatable bonds is 13. The van der Waals surface area contributed by atoms with Crippen LogP contribution < -0.4 is 4.57 Å². The van der Waals surface area contributed by atoms with Gasteiger partial charge in [-0.15, -0.1) is 0 Å². The summed E-state index contributed by atoms with van der Waals surface area (Å²) in [6.07, 6.45) is 21.1. The molecule has 0 atom stereocenters. The molecule has 0 saturated heterocycles. The average Bonchev–Trinajstić information content (AvgIpc) is 2.50. The van der Waals surface area contributed by atoms with E-state index in [9.17, 15) is 0 Å². The van der Waals surface area contributed by atoms with Crippen molar-refractivity contribution in [3.05, 3.63) is 30.1 Å². The summed E-state index contributed by atoms with van der Waals surface area (Å²) in [5.41, 5.74) is 1.48. The largest absolute Gasteiger partial charge is 0.205 e. The smallest absolute Gasteiger partial charge is 0.171 e. The molecule has 0 aromatic carbocycles. The van der Waals surface area contributed by atoms with Gasteiger partial charge in [-0.25, -0.2) is 4.57 Å². The third kappa shape index (κ3) is 9.66. The van der Waals surface area contributed by atoms with E-state index >= 15 is 0 Å². The lowest BCUT2D eigenvalue weighted by atomic mass is 10.1. The van der Waals surface area contributed by atoms with Crippen molar-refractivity contribution in [2.75, 3.05) is 0 Å². The van der Waals surface area contributed by atoms with Gasteiger partial charge in [-0.2, -0.15) is 0 Å². The monoisotopic (exact) mass is 290 g/mol. The Hall–Kier alpha value is -0.850. The van der Waals surface area contributed by atoms with E-state index in [0.29, 0.717) is 0 Å². The molecule has 0 fully saturated rings. The normalized spacial score (nSPS) is 11.0. The molecule has 1 nitrogen and oxygen atoms in total. The second-order valence-corrected chi connectivity index (χ2v) is 6.38. The van der Waals surface area contributed by atoms with E-state index in [-0.39, 0.29) is 0 Å². The van der Waals surface area contributed by atoms with Gasteiger partial charge in [0, 0.05) is 18.1 Å². The summed E-state index contributed by atoms with van der Waals surface area (Å²) >= 11 is 0. The fourth-order valence-corrected chi connectivity index (χ4v) is 2.93. The first kappa shape index (κ1) is 18.2. The summed E-state index contributed by atoms with van der Waals surface area (Å²) in [4.78, 5) is 0. The molecule has 21 heavy (non-hydrogen) atoms. The molecule has 0 aliphatic heterocycles. The van der Waals surface area contributed by atoms with Gasteiger partial charge in [0.1, 0.15) is 6.54 Å². The number of nitrogens with zero attached hydrogens (tertiary/aromatic N) is 1. The van der Waals surface area contributed by atoms with Crippen molar-refractivity contribution < 1.29 is 4.57 Å². The number of hydrogen-bond acceptors (Lipinski definition) is 0. The van der Waals surface area contributed by atoms with Gasteiger partial charge in [-0.1, -0.05) is 71.6 Å². The Morgan fingerprint density at radius 3 is 2.00 bits per heavy atom. The molecule has 0 N–H and O–H groups in total. The molecule has 0 saturated carbocycles. The van der Waals surface area contributed by atoms with E-state index in [2.05, 4.69) is 42.9 Å². The Balaban J connectivity index is 1.97. The standard InChI is InChI=1S/C20H36N/c1-3-5-6-7-8-9-10-11-12-13-17-21-18-14-16-20(19-21)15-4-2/h14,16,18-19H,3-13,15,17H2,1-2H3/q+1. The van der Waals surface area contributed by atoms with Crippen LogP contribution in [0.25, 0.3) is 0 Å². The highest BCUT2D eigenvalue weighted by Crippen LogP contribution is 2.10. The van der Waals surface area contributed by atoms with Gasteiger partial charge < -0.3 is 0 Å². The van der Waals surface area contributed by atoms with Crippen molar-refractivity contribution in [1.82, 2.24) is 0 Å². The first-order valence-electron chi connectivity index (χ1n) is 9.34. The first-order chi connectivity index (χ1) is 10.4. The van der Waals surface area contributed by atoms with Crippen LogP contribution >= 0.6 is 0 Å². The SMILES string of the molecule is CCCCCCCCCCCC[n+]1cccc(CCC)c1. The van der Waals surface area contributed by atoms with Crippen molar-refractivity contribution in [2.45, 2.75) is 97.4 Å². The van der Waals surface area contributed by atoms with Crippen LogP contribution in [-0.2, 0) is 13.0 Å². The van der Waals surface area contributed by atoms with E-state index in [4.69, 9.17) is 0 Å². The molecular weight excluding hydrogens is 254 g/mol. The van der Waals surface area contributed by atoms with Gasteiger partial charge in [-0.05, 0) is 18.9 Å². The first-order valence-corrected chi connectivity index (χ1v) is 9.34. The van der Waals surface area contributed by atoms with Crippen molar-refractivity contribution in [3.8, 4) is 0 Å². The minimum Gasteiger partial charge on any atom is -0.205 e. The third-order valence-electron chi connectivity index (χ3n) is 4.23. The number of pyridine rings is 1. The topological polar surface area (TPSA) is 3.88 Å². The minimum absolute atomic E-state index is 1.19. The minimum atomic E-state index is 1.19. The third-order valence-corrected chi connectivity index (χ3v) is 4.23. The molecule has 0 amide bonds. The molecule has 1 aromatic rings. The molecule has 0 bridgehead atoms. The summed E-state index contributed by atoms with van der Waals surface area (Å²) < 4.78 is 2.37. The number of aryl methyl sites for hydroxylation is 2. The van der Waals surface area contributed by atoms with Crippen LogP contribution in [0, 0.1) is 0 Å². The van der Waals surface area contributed by atoms with Gasteiger partial charge in [0.2, 0.25) is 0 Å². The van der Waals surface area contributed by atoms with Crippen molar-refractivity contribution in [1.29, 1.82) is 0 Å². The van der Waals surface area contributed by atoms with E-state index in [1.165, 1.54) is 89.2 Å². The maximum atomic E-state index is 2.37. The second-order valence-electron chi connectivity index (χ2n) is 6.38. The van der Waals surface area contributed by atoms with Crippen LogP contribution in [0.3, 0.4) is 0 Å². The van der Waals surface area contributed by atoms with E-state index in [1.807, 2.05) is 0 Å². The molecule has 0 radical (unpaired) electrons. The fraction of sp³-hybridized carbons (Fsp3) is 0.750. The van der Waals surface area contributed by atoms with Crippen LogP contribution in [0.4, 0.5) is 0 Å². The van der Waals surface area contributed by atoms with E-state index in [0.717, 1.165) is 0 Å². The molecular formula is C20H36N+. The number of unbranched alkanes of at least 4 members (excludes halogenated alkanes) is 9. The zero-order valence-electron chi connectivity index (χ0n) is 14.4. The van der Waals surface area contributed by atoms with Crippen LogP contribution in [-0.4, -0.2) is 0 Å². The number of aromatic nitrogens is 1. The quantitative estimate of drug-likeness (QED) is 0.317. The van der Waals surface area contributed by atoms with Crippen molar-refractivity contribution in [2.24, 2.45) is 0 Å². The molecule has 1 rings (SSSR count). The Morgan fingerprint density at radius 1 is 0.762 bits per heavy atom. The highest BCUT2D eigenvalue weighted by molar-refractivity contribution is 5.04. The molecule has 0 aliphatic carbocycles. The van der Waals surface area contributed by atoms with E-state index in [1.54, 1.807) is 0 Å². The van der Waals surface area contributed by atoms with Crippen molar-refractivity contribution in [3.63, 3.8) is 0 Å². The lowest BCUT2D eigenvalue weighted by Gasteiger charge is -2.02. The molecule has 120 valence electrons. The zero-order chi connectivity index (χ0) is 15.2. The van der Waals surface area contributed by atoms with Gasteiger partial charge in [-0.3, -0.25) is 0 Å². The van der Waals surface area contributed by atoms with Gasteiger partial charge in [0.15, 0.2) is 12.4 Å². The molecule has 1 heteroatoms. The Labute approximate surface area is 132 Å². The summed E-state index contributed by atoms with van der Waals surface area (Å²) in [7, 11) is 0. The van der Waals surface area contributed by atoms with E-state index < -0.39 is 0 Å². The molecule has 1 heterocycles.